The summed E-state index contributed by atoms with van der Waals surface area (Å²) in [6, 6.07) is 7.96. The number of rotatable bonds is 5. The number of nitrogens with one attached hydrogen (secondary N) is 2. The van der Waals surface area contributed by atoms with Gasteiger partial charge in [0.05, 0.1) is 13.7 Å². The van der Waals surface area contributed by atoms with Crippen LogP contribution in [0, 0.1) is 0 Å². The van der Waals surface area contributed by atoms with Crippen LogP contribution in [0.5, 0.6) is 5.75 Å². The van der Waals surface area contributed by atoms with Crippen LogP contribution in [0.2, 0.25) is 0 Å². The highest BCUT2D eigenvalue weighted by Gasteiger charge is 2.14. The minimum absolute atomic E-state index is 0.00728. The molecule has 2 N–H and O–H groups in total. The SMILES string of the molecule is COc1ccc(C(C)NCC(=O)NC(C)(C)C)cc1. The number of benzene rings is 1. The Hall–Kier alpha value is -1.55. The van der Waals surface area contributed by atoms with Crippen LogP contribution in [-0.4, -0.2) is 25.1 Å². The summed E-state index contributed by atoms with van der Waals surface area (Å²) in [5, 5.41) is 6.13. The molecule has 4 nitrogen and oxygen atoms in total. The van der Waals surface area contributed by atoms with E-state index >= 15 is 0 Å². The summed E-state index contributed by atoms with van der Waals surface area (Å²) in [7, 11) is 1.65. The van der Waals surface area contributed by atoms with Gasteiger partial charge in [-0.05, 0) is 45.4 Å². The van der Waals surface area contributed by atoms with Crippen molar-refractivity contribution < 1.29 is 9.53 Å². The first-order valence-electron chi connectivity index (χ1n) is 6.50. The van der Waals surface area contributed by atoms with E-state index in [1.165, 1.54) is 0 Å². The molecule has 1 aromatic carbocycles. The summed E-state index contributed by atoms with van der Waals surface area (Å²) >= 11 is 0. The Kier molecular flexibility index (Phi) is 5.36. The highest BCUT2D eigenvalue weighted by Crippen LogP contribution is 2.16. The van der Waals surface area contributed by atoms with Crippen LogP contribution < -0.4 is 15.4 Å². The quantitative estimate of drug-likeness (QED) is 0.857. The van der Waals surface area contributed by atoms with E-state index < -0.39 is 0 Å². The zero-order valence-electron chi connectivity index (χ0n) is 12.4. The molecule has 0 aromatic heterocycles. The van der Waals surface area contributed by atoms with Gasteiger partial charge in [0.2, 0.25) is 5.91 Å². The summed E-state index contributed by atoms with van der Waals surface area (Å²) in [5.41, 5.74) is 0.937. The van der Waals surface area contributed by atoms with Gasteiger partial charge in [0.1, 0.15) is 5.75 Å². The molecule has 4 heteroatoms. The van der Waals surface area contributed by atoms with Crippen molar-refractivity contribution in [3.8, 4) is 5.75 Å². The molecule has 0 aliphatic rings. The second kappa shape index (κ2) is 6.57. The zero-order chi connectivity index (χ0) is 14.5. The Morgan fingerprint density at radius 1 is 1.26 bits per heavy atom. The minimum Gasteiger partial charge on any atom is -0.497 e. The average molecular weight is 264 g/mol. The van der Waals surface area contributed by atoms with Gasteiger partial charge in [-0.3, -0.25) is 4.79 Å². The van der Waals surface area contributed by atoms with Gasteiger partial charge in [0, 0.05) is 11.6 Å². The van der Waals surface area contributed by atoms with Crippen molar-refractivity contribution in [2.45, 2.75) is 39.3 Å². The lowest BCUT2D eigenvalue weighted by atomic mass is 10.1. The van der Waals surface area contributed by atoms with Crippen molar-refractivity contribution in [1.29, 1.82) is 0 Å². The van der Waals surface area contributed by atoms with Gasteiger partial charge < -0.3 is 15.4 Å². The second-order valence-corrected chi connectivity index (χ2v) is 5.67. The summed E-state index contributed by atoms with van der Waals surface area (Å²) in [6.45, 7) is 8.25. The number of hydrogen-bond donors (Lipinski definition) is 2. The summed E-state index contributed by atoms with van der Waals surface area (Å²) in [6.07, 6.45) is 0. The van der Waals surface area contributed by atoms with E-state index in [1.807, 2.05) is 52.0 Å². The Labute approximate surface area is 115 Å². The third-order valence-electron chi connectivity index (χ3n) is 2.70. The van der Waals surface area contributed by atoms with E-state index in [4.69, 9.17) is 4.74 Å². The molecule has 106 valence electrons. The summed E-state index contributed by atoms with van der Waals surface area (Å²) < 4.78 is 5.12. The van der Waals surface area contributed by atoms with Crippen molar-refractivity contribution in [2.24, 2.45) is 0 Å². The molecule has 0 saturated carbocycles. The fraction of sp³-hybridized carbons (Fsp3) is 0.533. The lowest BCUT2D eigenvalue weighted by molar-refractivity contribution is -0.121. The molecule has 0 fully saturated rings. The van der Waals surface area contributed by atoms with Crippen molar-refractivity contribution in [2.75, 3.05) is 13.7 Å². The first kappa shape index (κ1) is 15.5. The Balaban J connectivity index is 2.46. The van der Waals surface area contributed by atoms with Crippen LogP contribution in [-0.2, 0) is 4.79 Å². The maximum Gasteiger partial charge on any atom is 0.234 e. The smallest absolute Gasteiger partial charge is 0.234 e. The fourth-order valence-electron chi connectivity index (χ4n) is 1.72. The highest BCUT2D eigenvalue weighted by atomic mass is 16.5. The van der Waals surface area contributed by atoms with Crippen molar-refractivity contribution in [1.82, 2.24) is 10.6 Å². The summed E-state index contributed by atoms with van der Waals surface area (Å²) in [5.74, 6) is 0.842. The number of ether oxygens (including phenoxy) is 1. The zero-order valence-corrected chi connectivity index (χ0v) is 12.4. The van der Waals surface area contributed by atoms with Crippen LogP contribution in [0.1, 0.15) is 39.3 Å². The second-order valence-electron chi connectivity index (χ2n) is 5.67. The molecule has 0 saturated heterocycles. The molecule has 1 rings (SSSR count). The molecule has 0 aliphatic carbocycles. The van der Waals surface area contributed by atoms with Gasteiger partial charge in [0.25, 0.3) is 0 Å². The molecular formula is C15H24N2O2. The molecule has 0 spiro atoms. The average Bonchev–Trinajstić information content (AvgIpc) is 2.34. The van der Waals surface area contributed by atoms with E-state index in [1.54, 1.807) is 7.11 Å². The molecule has 0 radical (unpaired) electrons. The third-order valence-corrected chi connectivity index (χ3v) is 2.70. The molecule has 0 aliphatic heterocycles. The van der Waals surface area contributed by atoms with E-state index in [9.17, 15) is 4.79 Å². The molecule has 1 unspecified atom stereocenters. The standard InChI is InChI=1S/C15H24N2O2/c1-11(12-6-8-13(19-5)9-7-12)16-10-14(18)17-15(2,3)4/h6-9,11,16H,10H2,1-5H3,(H,17,18). The van der Waals surface area contributed by atoms with Gasteiger partial charge in [-0.25, -0.2) is 0 Å². The van der Waals surface area contributed by atoms with Crippen LogP contribution in [0.4, 0.5) is 0 Å². The molecule has 1 aromatic rings. The topological polar surface area (TPSA) is 50.4 Å². The van der Waals surface area contributed by atoms with E-state index in [0.717, 1.165) is 11.3 Å². The normalized spacial score (nSPS) is 12.9. The predicted molar refractivity (Wildman–Crippen MR) is 77.3 cm³/mol. The van der Waals surface area contributed by atoms with Crippen LogP contribution in [0.25, 0.3) is 0 Å². The number of hydrogen-bond acceptors (Lipinski definition) is 3. The predicted octanol–water partition coefficient (Wildman–Crippen LogP) is 2.26. The van der Waals surface area contributed by atoms with Gasteiger partial charge in [-0.15, -0.1) is 0 Å². The van der Waals surface area contributed by atoms with E-state index in [-0.39, 0.29) is 17.5 Å². The van der Waals surface area contributed by atoms with E-state index in [0.29, 0.717) is 6.54 Å². The highest BCUT2D eigenvalue weighted by molar-refractivity contribution is 5.78. The molecule has 1 amide bonds. The number of carbonyl (C=O) groups is 1. The lowest BCUT2D eigenvalue weighted by Gasteiger charge is -2.21. The number of methoxy groups -OCH3 is 1. The Morgan fingerprint density at radius 3 is 2.32 bits per heavy atom. The summed E-state index contributed by atoms with van der Waals surface area (Å²) in [4.78, 5) is 11.7. The van der Waals surface area contributed by atoms with Crippen molar-refractivity contribution in [3.63, 3.8) is 0 Å². The first-order valence-corrected chi connectivity index (χ1v) is 6.50. The fourth-order valence-corrected chi connectivity index (χ4v) is 1.72. The van der Waals surface area contributed by atoms with E-state index in [2.05, 4.69) is 10.6 Å². The minimum atomic E-state index is -0.192. The van der Waals surface area contributed by atoms with Crippen LogP contribution in [0.3, 0.4) is 0 Å². The molecule has 0 heterocycles. The molecular weight excluding hydrogens is 240 g/mol. The maximum absolute atomic E-state index is 11.7. The molecule has 1 atom stereocenters. The Morgan fingerprint density at radius 2 is 1.84 bits per heavy atom. The first-order chi connectivity index (χ1) is 8.81. The van der Waals surface area contributed by atoms with Gasteiger partial charge in [-0.2, -0.15) is 0 Å². The van der Waals surface area contributed by atoms with Crippen LogP contribution >= 0.6 is 0 Å². The van der Waals surface area contributed by atoms with Crippen LogP contribution in [0.15, 0.2) is 24.3 Å². The maximum atomic E-state index is 11.7. The monoisotopic (exact) mass is 264 g/mol. The number of amides is 1. The Bertz CT molecular complexity index is 407. The molecule has 0 bridgehead atoms. The van der Waals surface area contributed by atoms with Crippen molar-refractivity contribution >= 4 is 5.91 Å². The van der Waals surface area contributed by atoms with Crippen molar-refractivity contribution in [3.05, 3.63) is 29.8 Å². The molecule has 19 heavy (non-hydrogen) atoms. The largest absolute Gasteiger partial charge is 0.497 e. The van der Waals surface area contributed by atoms with Gasteiger partial charge in [-0.1, -0.05) is 12.1 Å². The lowest BCUT2D eigenvalue weighted by Crippen LogP contribution is -2.45. The number of carbonyl (C=O) groups excluding carboxylic acids is 1. The third kappa shape index (κ3) is 5.75. The van der Waals surface area contributed by atoms with Gasteiger partial charge >= 0.3 is 0 Å². The van der Waals surface area contributed by atoms with Gasteiger partial charge in [0.15, 0.2) is 0 Å².